The highest BCUT2D eigenvalue weighted by molar-refractivity contribution is 8.93. The van der Waals surface area contributed by atoms with Gasteiger partial charge >= 0.3 is 0 Å². The van der Waals surface area contributed by atoms with E-state index in [4.69, 9.17) is 11.6 Å². The molecule has 0 aromatic heterocycles. The molecule has 0 amide bonds. The van der Waals surface area contributed by atoms with Gasteiger partial charge < -0.3 is 0 Å². The van der Waals surface area contributed by atoms with E-state index in [9.17, 15) is 0 Å². The largest absolute Gasteiger partial charge is 0.114 e. The molecule has 1 unspecified atom stereocenters. The van der Waals surface area contributed by atoms with Gasteiger partial charge in [0, 0.05) is 5.02 Å². The number of halogens is 2. The molecule has 0 saturated carbocycles. The number of benzene rings is 1. The molecule has 0 fully saturated rings. The summed E-state index contributed by atoms with van der Waals surface area (Å²) in [6, 6.07) is 7.63. The summed E-state index contributed by atoms with van der Waals surface area (Å²) in [4.78, 5) is 0. The highest BCUT2D eigenvalue weighted by atomic mass is 79.9. The topological polar surface area (TPSA) is 0 Å². The second kappa shape index (κ2) is 4.27. The lowest BCUT2D eigenvalue weighted by atomic mass is 10.4. The van der Waals surface area contributed by atoms with Gasteiger partial charge in [0.2, 0.25) is 0 Å². The summed E-state index contributed by atoms with van der Waals surface area (Å²) in [6.07, 6.45) is 0. The molecule has 0 bridgehead atoms. The number of rotatable bonds is 0. The Morgan fingerprint density at radius 2 is 1.56 bits per heavy atom. The van der Waals surface area contributed by atoms with Crippen LogP contribution in [0.25, 0.3) is 0 Å². The minimum atomic E-state index is 0. The molecule has 0 N–H and O–H groups in total. The lowest BCUT2D eigenvalue weighted by Gasteiger charge is -1.88. The van der Waals surface area contributed by atoms with Crippen LogP contribution >= 0.6 is 37.8 Å². The van der Waals surface area contributed by atoms with Crippen molar-refractivity contribution in [2.45, 2.75) is 0 Å². The Morgan fingerprint density at radius 3 is 1.89 bits per heavy atom. The molecule has 0 radical (unpaired) electrons. The van der Waals surface area contributed by atoms with E-state index in [1.54, 1.807) is 0 Å². The maximum Gasteiger partial charge on any atom is 0.0406 e. The Morgan fingerprint density at radius 1 is 1.11 bits per heavy atom. The van der Waals surface area contributed by atoms with Gasteiger partial charge in [-0.15, -0.1) is 26.2 Å². The van der Waals surface area contributed by atoms with Gasteiger partial charge in [-0.2, -0.15) is 0 Å². The smallest absolute Gasteiger partial charge is 0.0406 e. The van der Waals surface area contributed by atoms with E-state index in [0.717, 1.165) is 10.3 Å². The second-order valence-electron chi connectivity index (χ2n) is 1.55. The molecule has 0 aliphatic carbocycles. The zero-order chi connectivity index (χ0) is 5.98. The van der Waals surface area contributed by atoms with Crippen LogP contribution in [0.1, 0.15) is 0 Å². The molecular formula is C6H7BrClP. The first kappa shape index (κ1) is 9.42. The average molecular weight is 225 g/mol. The van der Waals surface area contributed by atoms with Crippen LogP contribution in [0.2, 0.25) is 5.02 Å². The summed E-state index contributed by atoms with van der Waals surface area (Å²) >= 11 is 5.60. The summed E-state index contributed by atoms with van der Waals surface area (Å²) in [5.41, 5.74) is 0. The third kappa shape index (κ3) is 3.20. The zero-order valence-corrected chi connectivity index (χ0v) is 8.30. The van der Waals surface area contributed by atoms with Crippen molar-refractivity contribution >= 4 is 43.1 Å². The van der Waals surface area contributed by atoms with Gasteiger partial charge in [0.25, 0.3) is 0 Å². The predicted octanol–water partition coefficient (Wildman–Crippen LogP) is 2.42. The fourth-order valence-corrected chi connectivity index (χ4v) is 0.781. The van der Waals surface area contributed by atoms with Crippen molar-refractivity contribution in [1.29, 1.82) is 0 Å². The highest BCUT2D eigenvalue weighted by Crippen LogP contribution is 2.04. The molecular weight excluding hydrogens is 218 g/mol. The zero-order valence-electron chi connectivity index (χ0n) is 4.67. The summed E-state index contributed by atoms with van der Waals surface area (Å²) in [7, 11) is 2.59. The molecule has 0 aliphatic rings. The molecule has 0 nitrogen and oxygen atoms in total. The molecule has 0 aliphatic heterocycles. The lowest BCUT2D eigenvalue weighted by Crippen LogP contribution is -1.84. The van der Waals surface area contributed by atoms with Crippen LogP contribution in [0.4, 0.5) is 0 Å². The maximum atomic E-state index is 5.60. The van der Waals surface area contributed by atoms with Gasteiger partial charge in [-0.05, 0) is 17.4 Å². The first-order valence-corrected chi connectivity index (χ1v) is 3.25. The van der Waals surface area contributed by atoms with Crippen LogP contribution in [0.5, 0.6) is 0 Å². The van der Waals surface area contributed by atoms with E-state index in [2.05, 4.69) is 9.24 Å². The fourth-order valence-electron chi connectivity index (χ4n) is 0.463. The van der Waals surface area contributed by atoms with Gasteiger partial charge in [0.05, 0.1) is 0 Å². The number of hydrogen-bond donors (Lipinski definition) is 0. The third-order valence-electron chi connectivity index (χ3n) is 0.870. The van der Waals surface area contributed by atoms with Crippen molar-refractivity contribution in [1.82, 2.24) is 0 Å². The quantitative estimate of drug-likeness (QED) is 0.595. The van der Waals surface area contributed by atoms with Gasteiger partial charge in [0.1, 0.15) is 0 Å². The summed E-state index contributed by atoms with van der Waals surface area (Å²) in [5.74, 6) is 0. The van der Waals surface area contributed by atoms with Crippen molar-refractivity contribution in [3.8, 4) is 0 Å². The minimum Gasteiger partial charge on any atom is -0.114 e. The third-order valence-corrected chi connectivity index (χ3v) is 1.51. The molecule has 1 atom stereocenters. The fraction of sp³-hybridized carbons (Fsp3) is 0. The Bertz CT molecular complexity index is 152. The van der Waals surface area contributed by atoms with E-state index >= 15 is 0 Å². The van der Waals surface area contributed by atoms with Crippen LogP contribution in [0.15, 0.2) is 24.3 Å². The Hall–Kier alpha value is 0.420. The SMILES string of the molecule is Br.Pc1ccc(Cl)cc1. The molecule has 50 valence electrons. The molecule has 0 spiro atoms. The van der Waals surface area contributed by atoms with E-state index in [0.29, 0.717) is 0 Å². The van der Waals surface area contributed by atoms with Gasteiger partial charge in [0.15, 0.2) is 0 Å². The van der Waals surface area contributed by atoms with Crippen LogP contribution in [0, 0.1) is 0 Å². The van der Waals surface area contributed by atoms with Crippen molar-refractivity contribution in [3.05, 3.63) is 29.3 Å². The molecule has 9 heavy (non-hydrogen) atoms. The first-order chi connectivity index (χ1) is 3.79. The van der Waals surface area contributed by atoms with E-state index in [1.807, 2.05) is 24.3 Å². The van der Waals surface area contributed by atoms with Gasteiger partial charge in [-0.1, -0.05) is 23.7 Å². The Kier molecular flexibility index (Phi) is 4.47. The predicted molar refractivity (Wildman–Crippen MR) is 51.1 cm³/mol. The molecule has 0 heterocycles. The minimum absolute atomic E-state index is 0. The van der Waals surface area contributed by atoms with Crippen LogP contribution < -0.4 is 5.30 Å². The van der Waals surface area contributed by atoms with Crippen molar-refractivity contribution < 1.29 is 0 Å². The summed E-state index contributed by atoms with van der Waals surface area (Å²) < 4.78 is 0. The van der Waals surface area contributed by atoms with Crippen LogP contribution in [0.3, 0.4) is 0 Å². The van der Waals surface area contributed by atoms with Crippen LogP contribution in [-0.4, -0.2) is 0 Å². The Balaban J connectivity index is 0.000000640. The lowest BCUT2D eigenvalue weighted by molar-refractivity contribution is 1.77. The average Bonchev–Trinajstić information content (AvgIpc) is 1.77. The Labute approximate surface area is 72.6 Å². The summed E-state index contributed by atoms with van der Waals surface area (Å²) in [6.45, 7) is 0. The van der Waals surface area contributed by atoms with Gasteiger partial charge in [-0.3, -0.25) is 0 Å². The van der Waals surface area contributed by atoms with E-state index < -0.39 is 0 Å². The number of hydrogen-bond acceptors (Lipinski definition) is 0. The monoisotopic (exact) mass is 224 g/mol. The normalized spacial score (nSPS) is 8.22. The van der Waals surface area contributed by atoms with Crippen molar-refractivity contribution in [2.75, 3.05) is 0 Å². The van der Waals surface area contributed by atoms with Crippen molar-refractivity contribution in [2.24, 2.45) is 0 Å². The van der Waals surface area contributed by atoms with Crippen LogP contribution in [-0.2, 0) is 0 Å². The molecule has 0 saturated heterocycles. The van der Waals surface area contributed by atoms with E-state index in [1.165, 1.54) is 0 Å². The first-order valence-electron chi connectivity index (χ1n) is 2.30. The molecule has 1 rings (SSSR count). The highest BCUT2D eigenvalue weighted by Gasteiger charge is 1.82. The molecule has 1 aromatic rings. The molecule has 3 heteroatoms. The van der Waals surface area contributed by atoms with Gasteiger partial charge in [-0.25, -0.2) is 0 Å². The van der Waals surface area contributed by atoms with Crippen molar-refractivity contribution in [3.63, 3.8) is 0 Å². The summed E-state index contributed by atoms with van der Waals surface area (Å²) in [5, 5.41) is 1.95. The van der Waals surface area contributed by atoms with E-state index in [-0.39, 0.29) is 17.0 Å². The second-order valence-corrected chi connectivity index (χ2v) is 2.65. The maximum absolute atomic E-state index is 5.60. The standard InChI is InChI=1S/C6H6ClP.BrH/c7-5-1-3-6(8)4-2-5;/h1-4H,8H2;1H. The molecule has 1 aromatic carbocycles.